The summed E-state index contributed by atoms with van der Waals surface area (Å²) in [5.41, 5.74) is 13.6. The molecule has 0 saturated heterocycles. The predicted octanol–water partition coefficient (Wildman–Crippen LogP) is 15.5. The van der Waals surface area contributed by atoms with Gasteiger partial charge in [0.1, 0.15) is 0 Å². The standard InChI is InChI=1S/C25H23.C21H23.C2H6Si.2ClH.Zr/c1-25(2,3)22-14-12-19(13-15-22)23-11-7-10-20-16-21(17-24(20)23)18-8-5-4-6-9-18;1-14-12-19-15(2)6-11-18(20(19)13-14)16-7-9-17(10-8-16)21(3,4)5;1-3-2;;;/h4-17H,1-3H3;6-13H,1-5H3;1-2H3;2*1H;/q2*-1;;;;+4/p-2. The molecule has 0 aliphatic carbocycles. The molecule has 0 unspecified atom stereocenters. The fourth-order valence-electron chi connectivity index (χ4n) is 6.42. The zero-order valence-electron chi connectivity index (χ0n) is 32.5. The van der Waals surface area contributed by atoms with Crippen molar-refractivity contribution >= 4 is 48.1 Å². The number of halogens is 2. The van der Waals surface area contributed by atoms with Gasteiger partial charge in [0.05, 0.1) is 0 Å². The van der Waals surface area contributed by atoms with Gasteiger partial charge in [-0.15, -0.1) is 68.6 Å². The summed E-state index contributed by atoms with van der Waals surface area (Å²) in [5.74, 6) is 0. The number of hydrogen-bond acceptors (Lipinski definition) is 0. The maximum absolute atomic E-state index is 4.93. The molecule has 52 heavy (non-hydrogen) atoms. The predicted molar refractivity (Wildman–Crippen MR) is 231 cm³/mol. The molecule has 0 atom stereocenters. The number of rotatable bonds is 3. The summed E-state index contributed by atoms with van der Waals surface area (Å²) >= 11 is -0.826. The molecule has 7 aromatic rings. The first kappa shape index (κ1) is 41.8. The zero-order valence-corrected chi connectivity index (χ0v) is 37.4. The molecule has 0 nitrogen and oxygen atoms in total. The molecular weight excluding hydrogens is 767 g/mol. The van der Waals surface area contributed by atoms with Crippen molar-refractivity contribution in [3.05, 3.63) is 156 Å². The first-order valence-electron chi connectivity index (χ1n) is 17.9. The van der Waals surface area contributed by atoms with Gasteiger partial charge in [-0.25, -0.2) is 0 Å². The molecule has 0 spiro atoms. The fourth-order valence-corrected chi connectivity index (χ4v) is 6.42. The third-order valence-corrected chi connectivity index (χ3v) is 9.23. The van der Waals surface area contributed by atoms with E-state index >= 15 is 0 Å². The van der Waals surface area contributed by atoms with Crippen molar-refractivity contribution in [2.24, 2.45) is 0 Å². The summed E-state index contributed by atoms with van der Waals surface area (Å²) in [6, 6.07) is 48.9. The molecule has 0 fully saturated rings. The van der Waals surface area contributed by atoms with Crippen LogP contribution in [0.3, 0.4) is 0 Å². The SMILES string of the molecule is CC(C)(C)c1ccc(-c2cccc3[cH-]c(-c4ccccc4)cc23)cc1.C[Si]C.Cc1cc2c(-c3ccc(C(C)(C)C)cc3)ccc(C)c2[cH-]1.[Cl][Zr+2][Cl]. The van der Waals surface area contributed by atoms with Gasteiger partial charge >= 0.3 is 37.9 Å². The summed E-state index contributed by atoms with van der Waals surface area (Å²) in [4.78, 5) is 0. The van der Waals surface area contributed by atoms with Crippen molar-refractivity contribution in [2.45, 2.75) is 79.3 Å². The molecule has 0 aromatic heterocycles. The van der Waals surface area contributed by atoms with Gasteiger partial charge in [0, 0.05) is 9.52 Å². The molecule has 7 aromatic carbocycles. The van der Waals surface area contributed by atoms with Crippen LogP contribution in [0.15, 0.2) is 133 Å². The molecule has 0 saturated carbocycles. The van der Waals surface area contributed by atoms with Crippen LogP contribution in [-0.2, 0) is 31.7 Å². The van der Waals surface area contributed by atoms with Crippen LogP contribution >= 0.6 is 17.0 Å². The Kier molecular flexibility index (Phi) is 15.1. The van der Waals surface area contributed by atoms with Crippen molar-refractivity contribution in [1.82, 2.24) is 0 Å². The number of hydrogen-bond donors (Lipinski definition) is 0. The van der Waals surface area contributed by atoms with Crippen LogP contribution in [0.4, 0.5) is 0 Å². The number of aryl methyl sites for hydroxylation is 2. The Hall–Kier alpha value is -3.00. The molecular formula is C48H52Cl2SiZr. The van der Waals surface area contributed by atoms with Crippen LogP contribution in [0.1, 0.15) is 63.8 Å². The van der Waals surface area contributed by atoms with Crippen molar-refractivity contribution in [3.63, 3.8) is 0 Å². The molecule has 0 heterocycles. The van der Waals surface area contributed by atoms with Crippen LogP contribution in [-0.4, -0.2) is 9.52 Å². The molecule has 2 radical (unpaired) electrons. The molecule has 0 N–H and O–H groups in total. The second-order valence-corrected chi connectivity index (χ2v) is 20.2. The Balaban J connectivity index is 0.000000205. The van der Waals surface area contributed by atoms with Crippen molar-refractivity contribution in [3.8, 4) is 33.4 Å². The Morgan fingerprint density at radius 1 is 0.538 bits per heavy atom. The Morgan fingerprint density at radius 3 is 1.54 bits per heavy atom. The first-order valence-corrected chi connectivity index (χ1v) is 26.2. The van der Waals surface area contributed by atoms with Crippen LogP contribution in [0.5, 0.6) is 0 Å². The monoisotopic (exact) mass is 816 g/mol. The van der Waals surface area contributed by atoms with E-state index in [4.69, 9.17) is 17.0 Å². The van der Waals surface area contributed by atoms with E-state index in [1.165, 1.54) is 77.2 Å². The minimum atomic E-state index is -0.826. The van der Waals surface area contributed by atoms with Crippen LogP contribution in [0.2, 0.25) is 13.1 Å². The maximum atomic E-state index is 4.93. The third kappa shape index (κ3) is 10.8. The van der Waals surface area contributed by atoms with Gasteiger partial charge in [-0.2, -0.15) is 6.07 Å². The van der Waals surface area contributed by atoms with Gasteiger partial charge in [-0.05, 0) is 33.1 Å². The summed E-state index contributed by atoms with van der Waals surface area (Å²) in [7, 11) is 11.0. The third-order valence-electron chi connectivity index (χ3n) is 9.23. The second kappa shape index (κ2) is 18.9. The van der Waals surface area contributed by atoms with Crippen molar-refractivity contribution in [1.29, 1.82) is 0 Å². The number of benzene rings is 5. The number of fused-ring (bicyclic) bond motifs is 2. The van der Waals surface area contributed by atoms with E-state index in [1.54, 1.807) is 0 Å². The average Bonchev–Trinajstić information content (AvgIpc) is 3.74. The molecule has 7 rings (SSSR count). The first-order chi connectivity index (χ1) is 24.7. The molecule has 0 amide bonds. The summed E-state index contributed by atoms with van der Waals surface area (Å²) < 4.78 is 0. The zero-order chi connectivity index (χ0) is 38.1. The van der Waals surface area contributed by atoms with E-state index < -0.39 is 20.8 Å². The van der Waals surface area contributed by atoms with E-state index in [9.17, 15) is 0 Å². The van der Waals surface area contributed by atoms with E-state index in [-0.39, 0.29) is 10.8 Å². The molecule has 0 aliphatic rings. The summed E-state index contributed by atoms with van der Waals surface area (Å²) in [6.07, 6.45) is 0. The minimum absolute atomic E-state index is 0.186. The summed E-state index contributed by atoms with van der Waals surface area (Å²) in [5, 5.41) is 5.38. The summed E-state index contributed by atoms with van der Waals surface area (Å²) in [6.45, 7) is 22.2. The second-order valence-electron chi connectivity index (χ2n) is 15.4. The quantitative estimate of drug-likeness (QED) is 0.123. The van der Waals surface area contributed by atoms with Crippen molar-refractivity contribution in [2.75, 3.05) is 0 Å². The van der Waals surface area contributed by atoms with Crippen molar-refractivity contribution < 1.29 is 20.8 Å². The van der Waals surface area contributed by atoms with Crippen LogP contribution in [0, 0.1) is 13.8 Å². The molecule has 266 valence electrons. The molecule has 0 bridgehead atoms. The van der Waals surface area contributed by atoms with Gasteiger partial charge in [-0.1, -0.05) is 182 Å². The van der Waals surface area contributed by atoms with Gasteiger partial charge in [-0.3, -0.25) is 0 Å². The Bertz CT molecular complexity index is 2140. The Labute approximate surface area is 334 Å². The fraction of sp³-hybridized carbons (Fsp3) is 0.250. The Morgan fingerprint density at radius 2 is 1.04 bits per heavy atom. The topological polar surface area (TPSA) is 0 Å². The average molecular weight is 819 g/mol. The van der Waals surface area contributed by atoms with Gasteiger partial charge in [0.25, 0.3) is 0 Å². The van der Waals surface area contributed by atoms with E-state index in [0.717, 1.165) is 9.52 Å². The van der Waals surface area contributed by atoms with Gasteiger partial charge in [0.15, 0.2) is 0 Å². The van der Waals surface area contributed by atoms with Gasteiger partial charge in [0.2, 0.25) is 0 Å². The normalized spacial score (nSPS) is 11.1. The molecule has 0 aliphatic heterocycles. The molecule has 4 heteroatoms. The van der Waals surface area contributed by atoms with E-state index in [0.29, 0.717) is 0 Å². The van der Waals surface area contributed by atoms with E-state index in [1.807, 2.05) is 0 Å². The van der Waals surface area contributed by atoms with Crippen LogP contribution < -0.4 is 0 Å². The van der Waals surface area contributed by atoms with Gasteiger partial charge < -0.3 is 0 Å². The van der Waals surface area contributed by atoms with Crippen LogP contribution in [0.25, 0.3) is 54.9 Å². The van der Waals surface area contributed by atoms with E-state index in [2.05, 4.69) is 202 Å².